The lowest BCUT2D eigenvalue weighted by Crippen LogP contribution is -2.79. The third-order valence-electron chi connectivity index (χ3n) is 3.15. The van der Waals surface area contributed by atoms with Crippen LogP contribution in [0.3, 0.4) is 0 Å². The van der Waals surface area contributed by atoms with Gasteiger partial charge in [0.1, 0.15) is 0 Å². The zero-order chi connectivity index (χ0) is 24.5. The Morgan fingerprint density at radius 2 is 0.690 bits per heavy atom. The Hall–Kier alpha value is -1.04. The molecule has 0 aliphatic heterocycles. The molecule has 0 unspecified atom stereocenters. The van der Waals surface area contributed by atoms with E-state index in [1.807, 2.05) is 0 Å². The lowest BCUT2D eigenvalue weighted by Gasteiger charge is -2.46. The fourth-order valence-corrected chi connectivity index (χ4v) is 2.08. The van der Waals surface area contributed by atoms with Gasteiger partial charge in [0.15, 0.2) is 0 Å². The molecule has 176 valence electrons. The Morgan fingerprint density at radius 1 is 0.448 bits per heavy atom. The van der Waals surface area contributed by atoms with Gasteiger partial charge in [-0.2, -0.15) is 70.2 Å². The molecule has 0 aliphatic rings. The maximum Gasteiger partial charge on any atom is 0.457 e. The molecular formula is C8H2F17O3P. The summed E-state index contributed by atoms with van der Waals surface area (Å²) in [5.74, 6) is -35.4. The SMILES string of the molecule is O=P(O)(O)C(F)(F)C(F)(F)C(F)(F)C(F)(C(F)(F)C(F)(F)F)C(F)(F)C(F)(F)F. The Kier molecular flexibility index (Phi) is 6.25. The monoisotopic (exact) mass is 500 g/mol. The van der Waals surface area contributed by atoms with E-state index in [0.717, 1.165) is 0 Å². The maximum atomic E-state index is 13.8. The largest absolute Gasteiger partial charge is 0.457 e. The van der Waals surface area contributed by atoms with Crippen LogP contribution in [0.5, 0.6) is 0 Å². The van der Waals surface area contributed by atoms with Crippen LogP contribution in [0.15, 0.2) is 0 Å². The molecule has 0 amide bonds. The average molecular weight is 500 g/mol. The van der Waals surface area contributed by atoms with Crippen LogP contribution in [0.1, 0.15) is 0 Å². The molecule has 0 bridgehead atoms. The van der Waals surface area contributed by atoms with Crippen molar-refractivity contribution in [3.63, 3.8) is 0 Å². The zero-order valence-corrected chi connectivity index (χ0v) is 13.1. The fourth-order valence-electron chi connectivity index (χ4n) is 1.57. The van der Waals surface area contributed by atoms with Crippen molar-refractivity contribution < 1.29 is 89.0 Å². The Bertz CT molecular complexity index is 643. The van der Waals surface area contributed by atoms with Crippen molar-refractivity contribution >= 4 is 7.60 Å². The molecule has 0 radical (unpaired) electrons. The molecule has 21 heteroatoms. The molecule has 2 N–H and O–H groups in total. The first kappa shape index (κ1) is 28.0. The van der Waals surface area contributed by atoms with Crippen LogP contribution in [-0.2, 0) is 4.57 Å². The van der Waals surface area contributed by atoms with Gasteiger partial charge in [-0.05, 0) is 0 Å². The predicted molar refractivity (Wildman–Crippen MR) is 52.7 cm³/mol. The van der Waals surface area contributed by atoms with E-state index in [-0.39, 0.29) is 0 Å². The number of halogens is 17. The van der Waals surface area contributed by atoms with E-state index < -0.39 is 55.0 Å². The summed E-state index contributed by atoms with van der Waals surface area (Å²) >= 11 is 0. The van der Waals surface area contributed by atoms with Crippen molar-refractivity contribution in [2.24, 2.45) is 0 Å². The number of rotatable bonds is 6. The van der Waals surface area contributed by atoms with Gasteiger partial charge in [-0.3, -0.25) is 4.57 Å². The quantitative estimate of drug-likeness (QED) is 0.393. The minimum atomic E-state index is -9.26. The summed E-state index contributed by atoms with van der Waals surface area (Å²) in [6.45, 7) is 0. The second kappa shape index (κ2) is 6.48. The van der Waals surface area contributed by atoms with Crippen LogP contribution in [0.4, 0.5) is 74.6 Å². The number of alkyl halides is 17. The van der Waals surface area contributed by atoms with Crippen molar-refractivity contribution in [1.82, 2.24) is 0 Å². The molecule has 0 heterocycles. The highest BCUT2D eigenvalue weighted by Gasteiger charge is 3.00. The molecule has 0 fully saturated rings. The normalized spacial score (nSPS) is 16.9. The number of hydrogen-bond donors (Lipinski definition) is 2. The molecule has 0 aromatic heterocycles. The van der Waals surface area contributed by atoms with Crippen LogP contribution in [0.25, 0.3) is 0 Å². The van der Waals surface area contributed by atoms with Gasteiger partial charge in [0.2, 0.25) is 0 Å². The second-order valence-corrected chi connectivity index (χ2v) is 6.69. The van der Waals surface area contributed by atoms with Gasteiger partial charge in [0.05, 0.1) is 0 Å². The predicted octanol–water partition coefficient (Wildman–Crippen LogP) is 5.13. The molecule has 0 atom stereocenters. The summed E-state index contributed by atoms with van der Waals surface area (Å²) in [5.41, 5.74) is -17.2. The van der Waals surface area contributed by atoms with Crippen molar-refractivity contribution in [2.45, 2.75) is 47.4 Å². The van der Waals surface area contributed by atoms with Crippen LogP contribution in [0, 0.1) is 0 Å². The Morgan fingerprint density at radius 3 is 0.862 bits per heavy atom. The summed E-state index contributed by atoms with van der Waals surface area (Å²) in [4.78, 5) is 15.7. The minimum absolute atomic E-state index is 7.84. The van der Waals surface area contributed by atoms with E-state index in [1.165, 1.54) is 0 Å². The van der Waals surface area contributed by atoms with E-state index in [0.29, 0.717) is 0 Å². The van der Waals surface area contributed by atoms with Gasteiger partial charge in [0.25, 0.3) is 0 Å². The highest BCUT2D eigenvalue weighted by molar-refractivity contribution is 7.53. The van der Waals surface area contributed by atoms with E-state index in [2.05, 4.69) is 0 Å². The van der Waals surface area contributed by atoms with Crippen LogP contribution in [0.2, 0.25) is 0 Å². The van der Waals surface area contributed by atoms with Gasteiger partial charge in [-0.25, -0.2) is 4.39 Å². The van der Waals surface area contributed by atoms with Crippen LogP contribution >= 0.6 is 7.60 Å². The summed E-state index contributed by atoms with van der Waals surface area (Å²) in [7, 11) is -8.12. The topological polar surface area (TPSA) is 57.5 Å². The lowest BCUT2D eigenvalue weighted by molar-refractivity contribution is -0.467. The molecule has 29 heavy (non-hydrogen) atoms. The average Bonchev–Trinajstić information content (AvgIpc) is 2.41. The molecule has 3 nitrogen and oxygen atoms in total. The van der Waals surface area contributed by atoms with Crippen LogP contribution < -0.4 is 0 Å². The molecule has 0 spiro atoms. The maximum absolute atomic E-state index is 13.8. The first-order chi connectivity index (χ1) is 12.0. The molecule has 0 aliphatic carbocycles. The highest BCUT2D eigenvalue weighted by atomic mass is 31.2. The van der Waals surface area contributed by atoms with Crippen LogP contribution in [-0.4, -0.2) is 57.2 Å². The molecule has 0 aromatic rings. The number of hydrogen-bond acceptors (Lipinski definition) is 1. The standard InChI is InChI=1S/C8H2F17O3P/c9-1(3(12,13)6(18,19)20,4(14,15)7(21,22)23)2(10,11)5(16,17)8(24,25)29(26,27)28/h(H2,26,27,28). The van der Waals surface area contributed by atoms with Crippen molar-refractivity contribution in [3.05, 3.63) is 0 Å². The summed E-state index contributed by atoms with van der Waals surface area (Å²) < 4.78 is 227. The molecule has 0 saturated carbocycles. The molecule has 0 rings (SSSR count). The Labute approximate surface area is 145 Å². The minimum Gasteiger partial charge on any atom is -0.320 e. The van der Waals surface area contributed by atoms with Gasteiger partial charge in [-0.15, -0.1) is 0 Å². The highest BCUT2D eigenvalue weighted by Crippen LogP contribution is 2.71. The van der Waals surface area contributed by atoms with E-state index in [9.17, 15) is 79.2 Å². The van der Waals surface area contributed by atoms with Gasteiger partial charge >= 0.3 is 55.0 Å². The van der Waals surface area contributed by atoms with Gasteiger partial charge in [0, 0.05) is 0 Å². The molecule has 0 saturated heterocycles. The fraction of sp³-hybridized carbons (Fsp3) is 1.00. The third-order valence-corrected chi connectivity index (χ3v) is 4.16. The summed E-state index contributed by atoms with van der Waals surface area (Å²) in [6, 6.07) is 0. The summed E-state index contributed by atoms with van der Waals surface area (Å²) in [6.07, 6.45) is -16.5. The van der Waals surface area contributed by atoms with Crippen molar-refractivity contribution in [1.29, 1.82) is 0 Å². The summed E-state index contributed by atoms with van der Waals surface area (Å²) in [5, 5.41) is 0. The molecular weight excluding hydrogens is 498 g/mol. The van der Waals surface area contributed by atoms with E-state index >= 15 is 0 Å². The molecule has 0 aromatic carbocycles. The van der Waals surface area contributed by atoms with Gasteiger partial charge < -0.3 is 9.79 Å². The second-order valence-electron chi connectivity index (χ2n) is 5.04. The Balaban J connectivity index is 7.52. The first-order valence-electron chi connectivity index (χ1n) is 5.77. The third kappa shape index (κ3) is 3.34. The van der Waals surface area contributed by atoms with E-state index in [4.69, 9.17) is 9.79 Å². The lowest BCUT2D eigenvalue weighted by atomic mass is 9.79. The smallest absolute Gasteiger partial charge is 0.320 e. The van der Waals surface area contributed by atoms with Crippen molar-refractivity contribution in [3.8, 4) is 0 Å². The zero-order valence-electron chi connectivity index (χ0n) is 12.2. The van der Waals surface area contributed by atoms with Gasteiger partial charge in [-0.1, -0.05) is 0 Å². The first-order valence-corrected chi connectivity index (χ1v) is 7.38. The van der Waals surface area contributed by atoms with E-state index in [1.54, 1.807) is 0 Å². The van der Waals surface area contributed by atoms with Crippen molar-refractivity contribution in [2.75, 3.05) is 0 Å².